The Morgan fingerprint density at radius 1 is 1.67 bits per heavy atom. The minimum Gasteiger partial charge on any atom is -0.369 e. The van der Waals surface area contributed by atoms with Crippen LogP contribution in [0.25, 0.3) is 0 Å². The van der Waals surface area contributed by atoms with Gasteiger partial charge in [0.1, 0.15) is 0 Å². The minimum absolute atomic E-state index is 0.288. The molecule has 0 aromatic rings. The van der Waals surface area contributed by atoms with Gasteiger partial charge >= 0.3 is 0 Å². The molecular weight excluding hydrogens is 162 g/mol. The summed E-state index contributed by atoms with van der Waals surface area (Å²) in [4.78, 5) is 1.57. The Kier molecular flexibility index (Phi) is 2.37. The number of hydrogen-bond donors (Lipinski definition) is 1. The summed E-state index contributed by atoms with van der Waals surface area (Å²) in [5.41, 5.74) is 5.95. The molecule has 2 nitrogen and oxygen atoms in total. The molecule has 1 rings (SSSR count). The molecule has 12 heavy (non-hydrogen) atoms. The number of halogens is 2. The Labute approximate surface area is 71.0 Å². The largest absolute Gasteiger partial charge is 0.369 e. The van der Waals surface area contributed by atoms with E-state index in [1.165, 1.54) is 0 Å². The van der Waals surface area contributed by atoms with Crippen LogP contribution in [0.4, 0.5) is 8.78 Å². The van der Waals surface area contributed by atoms with Crippen molar-refractivity contribution in [1.29, 1.82) is 0 Å². The third-order valence-corrected chi connectivity index (χ3v) is 2.19. The molecule has 70 valence electrons. The molecule has 1 fully saturated rings. The van der Waals surface area contributed by atoms with Gasteiger partial charge in [-0.25, -0.2) is 8.78 Å². The summed E-state index contributed by atoms with van der Waals surface area (Å²) < 4.78 is 26.0. The summed E-state index contributed by atoms with van der Waals surface area (Å²) in [5, 5.41) is 0. The predicted octanol–water partition coefficient (Wildman–Crippen LogP) is 1.19. The highest BCUT2D eigenvalue weighted by atomic mass is 19.3. The fourth-order valence-electron chi connectivity index (χ4n) is 1.28. The van der Waals surface area contributed by atoms with E-state index in [0.717, 1.165) is 0 Å². The summed E-state index contributed by atoms with van der Waals surface area (Å²) in [6.45, 7) is 5.65. The number of alkyl halides is 2. The highest BCUT2D eigenvalue weighted by Crippen LogP contribution is 2.27. The van der Waals surface area contributed by atoms with Crippen molar-refractivity contribution >= 4 is 0 Å². The topological polar surface area (TPSA) is 29.3 Å². The van der Waals surface area contributed by atoms with Crippen LogP contribution in [-0.4, -0.2) is 30.0 Å². The number of hydrogen-bond acceptors (Lipinski definition) is 2. The zero-order valence-electron chi connectivity index (χ0n) is 7.19. The average molecular weight is 176 g/mol. The Balaban J connectivity index is 2.63. The van der Waals surface area contributed by atoms with Crippen molar-refractivity contribution in [2.24, 2.45) is 5.73 Å². The van der Waals surface area contributed by atoms with E-state index >= 15 is 0 Å². The molecule has 1 aliphatic rings. The first kappa shape index (κ1) is 9.45. The van der Waals surface area contributed by atoms with Crippen molar-refractivity contribution in [3.63, 3.8) is 0 Å². The first-order valence-corrected chi connectivity index (χ1v) is 3.97. The van der Waals surface area contributed by atoms with Gasteiger partial charge in [-0.2, -0.15) is 0 Å². The molecule has 0 aromatic heterocycles. The Hall–Kier alpha value is -0.640. The van der Waals surface area contributed by atoms with Crippen LogP contribution in [0.5, 0.6) is 0 Å². The molecule has 0 spiro atoms. The smallest absolute Gasteiger partial charge is 0.279 e. The number of piperidine rings is 1. The van der Waals surface area contributed by atoms with Gasteiger partial charge in [-0.15, -0.1) is 0 Å². The molecule has 0 bridgehead atoms. The van der Waals surface area contributed by atoms with Crippen LogP contribution >= 0.6 is 0 Å². The van der Waals surface area contributed by atoms with Crippen molar-refractivity contribution < 1.29 is 8.78 Å². The van der Waals surface area contributed by atoms with Gasteiger partial charge in [-0.1, -0.05) is 6.58 Å². The lowest BCUT2D eigenvalue weighted by Crippen LogP contribution is -2.54. The van der Waals surface area contributed by atoms with Crippen LogP contribution in [0.2, 0.25) is 0 Å². The second-order valence-electron chi connectivity index (χ2n) is 3.31. The van der Waals surface area contributed by atoms with Gasteiger partial charge < -0.3 is 10.6 Å². The highest BCUT2D eigenvalue weighted by molar-refractivity contribution is 4.98. The van der Waals surface area contributed by atoms with Crippen molar-refractivity contribution in [2.75, 3.05) is 13.1 Å². The Bertz CT molecular complexity index is 191. The summed E-state index contributed by atoms with van der Waals surface area (Å²) in [5.74, 6) is -2.77. The summed E-state index contributed by atoms with van der Waals surface area (Å²) in [7, 11) is 0. The molecule has 4 heteroatoms. The number of rotatable bonds is 1. The lowest BCUT2D eigenvalue weighted by molar-refractivity contribution is -0.0712. The standard InChI is InChI=1S/C8H14F2N2/c1-6(2)12-4-3-7(11)8(9,10)5-12/h7H,1,3-5,11H2,2H3. The Morgan fingerprint density at radius 3 is 2.67 bits per heavy atom. The maximum absolute atomic E-state index is 13.0. The molecule has 0 amide bonds. The molecule has 0 saturated carbocycles. The maximum atomic E-state index is 13.0. The van der Waals surface area contributed by atoms with Gasteiger partial charge in [-0.05, 0) is 13.3 Å². The monoisotopic (exact) mass is 176 g/mol. The van der Waals surface area contributed by atoms with E-state index in [9.17, 15) is 8.78 Å². The van der Waals surface area contributed by atoms with Gasteiger partial charge in [0.2, 0.25) is 0 Å². The van der Waals surface area contributed by atoms with E-state index < -0.39 is 12.0 Å². The fraction of sp³-hybridized carbons (Fsp3) is 0.750. The lowest BCUT2D eigenvalue weighted by Gasteiger charge is -2.37. The average Bonchev–Trinajstić information content (AvgIpc) is 1.94. The molecule has 1 saturated heterocycles. The van der Waals surface area contributed by atoms with Gasteiger partial charge in [0, 0.05) is 12.2 Å². The van der Waals surface area contributed by atoms with E-state index in [1.54, 1.807) is 11.8 Å². The van der Waals surface area contributed by atoms with Crippen LogP contribution in [0.3, 0.4) is 0 Å². The Morgan fingerprint density at radius 2 is 2.25 bits per heavy atom. The zero-order chi connectivity index (χ0) is 9.35. The van der Waals surface area contributed by atoms with Crippen molar-refractivity contribution in [3.05, 3.63) is 12.3 Å². The molecule has 1 unspecified atom stereocenters. The van der Waals surface area contributed by atoms with Gasteiger partial charge in [0.15, 0.2) is 0 Å². The maximum Gasteiger partial charge on any atom is 0.279 e. The van der Waals surface area contributed by atoms with Gasteiger partial charge in [0.05, 0.1) is 12.6 Å². The second kappa shape index (κ2) is 3.01. The first-order valence-electron chi connectivity index (χ1n) is 3.97. The van der Waals surface area contributed by atoms with Crippen molar-refractivity contribution in [2.45, 2.75) is 25.3 Å². The fourth-order valence-corrected chi connectivity index (χ4v) is 1.28. The molecule has 1 aliphatic heterocycles. The van der Waals surface area contributed by atoms with Crippen LogP contribution < -0.4 is 5.73 Å². The van der Waals surface area contributed by atoms with E-state index in [2.05, 4.69) is 6.58 Å². The van der Waals surface area contributed by atoms with Gasteiger partial charge in [0.25, 0.3) is 5.92 Å². The molecule has 0 aliphatic carbocycles. The zero-order valence-corrected chi connectivity index (χ0v) is 7.19. The van der Waals surface area contributed by atoms with Crippen LogP contribution in [0.15, 0.2) is 12.3 Å². The van der Waals surface area contributed by atoms with E-state index in [0.29, 0.717) is 18.7 Å². The second-order valence-corrected chi connectivity index (χ2v) is 3.31. The van der Waals surface area contributed by atoms with Crippen LogP contribution in [-0.2, 0) is 0 Å². The van der Waals surface area contributed by atoms with Crippen molar-refractivity contribution in [3.8, 4) is 0 Å². The third kappa shape index (κ3) is 1.75. The number of likely N-dealkylation sites (tertiary alicyclic amines) is 1. The molecule has 1 heterocycles. The van der Waals surface area contributed by atoms with E-state index in [-0.39, 0.29) is 6.54 Å². The summed E-state index contributed by atoms with van der Waals surface area (Å²) in [6, 6.07) is -0.993. The molecule has 1 atom stereocenters. The van der Waals surface area contributed by atoms with E-state index in [4.69, 9.17) is 5.73 Å². The quantitative estimate of drug-likeness (QED) is 0.650. The normalized spacial score (nSPS) is 28.7. The molecule has 2 N–H and O–H groups in total. The molecular formula is C8H14F2N2. The van der Waals surface area contributed by atoms with Gasteiger partial charge in [-0.3, -0.25) is 0 Å². The first-order chi connectivity index (χ1) is 5.43. The number of nitrogens with zero attached hydrogens (tertiary/aromatic N) is 1. The third-order valence-electron chi connectivity index (χ3n) is 2.19. The van der Waals surface area contributed by atoms with Crippen LogP contribution in [0.1, 0.15) is 13.3 Å². The predicted molar refractivity (Wildman–Crippen MR) is 43.9 cm³/mol. The highest BCUT2D eigenvalue weighted by Gasteiger charge is 2.42. The summed E-state index contributed by atoms with van der Waals surface area (Å²) >= 11 is 0. The van der Waals surface area contributed by atoms with Crippen LogP contribution in [0, 0.1) is 0 Å². The lowest BCUT2D eigenvalue weighted by atomic mass is 10.0. The molecule has 0 radical (unpaired) electrons. The number of allylic oxidation sites excluding steroid dienone is 1. The van der Waals surface area contributed by atoms with E-state index in [1.807, 2.05) is 0 Å². The number of nitrogens with two attached hydrogens (primary N) is 1. The minimum atomic E-state index is -2.77. The SMILES string of the molecule is C=C(C)N1CCC(N)C(F)(F)C1. The summed E-state index contributed by atoms with van der Waals surface area (Å²) in [6.07, 6.45) is 0.333. The van der Waals surface area contributed by atoms with Crippen molar-refractivity contribution in [1.82, 2.24) is 4.90 Å². The molecule has 0 aromatic carbocycles.